The normalized spacial score (nSPS) is 18.4. The Balaban J connectivity index is 2.29. The molecule has 1 N–H and O–H groups in total. The minimum atomic E-state index is 0.152. The Morgan fingerprint density at radius 2 is 2.30 bits per heavy atom. The minimum absolute atomic E-state index is 0.152. The molecule has 0 saturated heterocycles. The van der Waals surface area contributed by atoms with Crippen molar-refractivity contribution in [3.63, 3.8) is 0 Å². The summed E-state index contributed by atoms with van der Waals surface area (Å²) in [6.45, 7) is 9.60. The van der Waals surface area contributed by atoms with Crippen molar-refractivity contribution in [2.75, 3.05) is 6.54 Å². The van der Waals surface area contributed by atoms with Crippen molar-refractivity contribution in [3.8, 4) is 5.88 Å². The zero-order chi connectivity index (χ0) is 14.7. The van der Waals surface area contributed by atoms with Crippen LogP contribution in [0.2, 0.25) is 0 Å². The summed E-state index contributed by atoms with van der Waals surface area (Å²) in [4.78, 5) is 3.30. The summed E-state index contributed by atoms with van der Waals surface area (Å²) in [5.41, 5.74) is 1.27. The van der Waals surface area contributed by atoms with Crippen LogP contribution >= 0.6 is 35.3 Å². The highest BCUT2D eigenvalue weighted by atomic mass is 32.2. The number of aromatic hydroxyl groups is 1. The molecule has 20 heavy (non-hydrogen) atoms. The fourth-order valence-corrected chi connectivity index (χ4v) is 4.92. The molecular weight excluding hydrogens is 308 g/mol. The molecule has 1 atom stereocenters. The lowest BCUT2D eigenvalue weighted by atomic mass is 10.3. The second-order valence-electron chi connectivity index (χ2n) is 4.75. The van der Waals surface area contributed by atoms with E-state index in [9.17, 15) is 5.11 Å². The average Bonchev–Trinajstić information content (AvgIpc) is 2.91. The smallest absolute Gasteiger partial charge is 0.209 e. The van der Waals surface area contributed by atoms with Crippen molar-refractivity contribution in [1.82, 2.24) is 9.47 Å². The van der Waals surface area contributed by atoms with Gasteiger partial charge in [-0.2, -0.15) is 0 Å². The molecule has 0 radical (unpaired) electrons. The highest BCUT2D eigenvalue weighted by Crippen LogP contribution is 2.47. The van der Waals surface area contributed by atoms with Gasteiger partial charge in [0.15, 0.2) is 3.95 Å². The lowest BCUT2D eigenvalue weighted by Gasteiger charge is -2.27. The van der Waals surface area contributed by atoms with Crippen molar-refractivity contribution in [2.24, 2.45) is 0 Å². The van der Waals surface area contributed by atoms with Gasteiger partial charge in [-0.25, -0.2) is 0 Å². The fraction of sp³-hybridized carbons (Fsp3) is 0.500. The van der Waals surface area contributed by atoms with Crippen molar-refractivity contribution < 1.29 is 5.11 Å². The SMILES string of the molecule is C=CCn1c(O)c(C2SC=C(C)N2CCCC)sc1=S. The minimum Gasteiger partial charge on any atom is -0.494 e. The first-order valence-electron chi connectivity index (χ1n) is 6.72. The van der Waals surface area contributed by atoms with Crippen LogP contribution in [0, 0.1) is 3.95 Å². The number of rotatable bonds is 6. The topological polar surface area (TPSA) is 28.4 Å². The number of unbranched alkanes of at least 4 members (excludes halogenated alkanes) is 1. The van der Waals surface area contributed by atoms with Crippen LogP contribution in [-0.2, 0) is 6.54 Å². The third-order valence-corrected chi connectivity index (χ3v) is 6.15. The maximum Gasteiger partial charge on any atom is 0.209 e. The molecular formula is C14H20N2OS3. The van der Waals surface area contributed by atoms with Crippen LogP contribution in [-0.4, -0.2) is 21.1 Å². The van der Waals surface area contributed by atoms with Gasteiger partial charge in [0.05, 0.1) is 0 Å². The first-order chi connectivity index (χ1) is 9.60. The quantitative estimate of drug-likeness (QED) is 0.595. The molecule has 1 aromatic heterocycles. The van der Waals surface area contributed by atoms with Crippen molar-refractivity contribution in [1.29, 1.82) is 0 Å². The Labute approximate surface area is 133 Å². The van der Waals surface area contributed by atoms with E-state index in [0.717, 1.165) is 17.8 Å². The summed E-state index contributed by atoms with van der Waals surface area (Å²) in [7, 11) is 0. The van der Waals surface area contributed by atoms with Gasteiger partial charge in [-0.05, 0) is 31.0 Å². The second-order valence-corrected chi connectivity index (χ2v) is 7.38. The molecule has 1 aliphatic rings. The molecule has 3 nitrogen and oxygen atoms in total. The van der Waals surface area contributed by atoms with Crippen LogP contribution < -0.4 is 0 Å². The molecule has 0 aliphatic carbocycles. The number of allylic oxidation sites excluding steroid dienone is 2. The molecule has 110 valence electrons. The summed E-state index contributed by atoms with van der Waals surface area (Å²) in [6, 6.07) is 0. The number of aromatic nitrogens is 1. The van der Waals surface area contributed by atoms with Gasteiger partial charge in [0, 0.05) is 18.8 Å². The lowest BCUT2D eigenvalue weighted by Crippen LogP contribution is -2.22. The Bertz CT molecular complexity index is 573. The summed E-state index contributed by atoms with van der Waals surface area (Å²) >= 11 is 8.59. The Kier molecular flexibility index (Phi) is 5.35. The zero-order valence-electron chi connectivity index (χ0n) is 11.8. The van der Waals surface area contributed by atoms with Crippen molar-refractivity contribution >= 4 is 35.3 Å². The van der Waals surface area contributed by atoms with Crippen LogP contribution in [0.4, 0.5) is 0 Å². The lowest BCUT2D eigenvalue weighted by molar-refractivity contribution is 0.323. The highest BCUT2D eigenvalue weighted by Gasteiger charge is 2.30. The Morgan fingerprint density at radius 1 is 1.55 bits per heavy atom. The number of thioether (sulfide) groups is 1. The van der Waals surface area contributed by atoms with E-state index in [4.69, 9.17) is 12.2 Å². The molecule has 0 saturated carbocycles. The molecule has 0 aromatic carbocycles. The van der Waals surface area contributed by atoms with E-state index in [0.29, 0.717) is 16.4 Å². The van der Waals surface area contributed by atoms with Gasteiger partial charge < -0.3 is 10.0 Å². The average molecular weight is 329 g/mol. The monoisotopic (exact) mass is 328 g/mol. The zero-order valence-corrected chi connectivity index (χ0v) is 14.3. The van der Waals surface area contributed by atoms with Gasteiger partial charge in [0.25, 0.3) is 0 Å². The molecule has 1 aromatic rings. The van der Waals surface area contributed by atoms with E-state index < -0.39 is 0 Å². The molecule has 0 spiro atoms. The summed E-state index contributed by atoms with van der Waals surface area (Å²) in [5.74, 6) is 0.294. The molecule has 1 aliphatic heterocycles. The number of thiazole rings is 1. The maximum atomic E-state index is 10.4. The molecule has 6 heteroatoms. The van der Waals surface area contributed by atoms with Gasteiger partial charge >= 0.3 is 0 Å². The summed E-state index contributed by atoms with van der Waals surface area (Å²) in [5, 5.41) is 12.7. The van der Waals surface area contributed by atoms with Gasteiger partial charge in [0.2, 0.25) is 5.88 Å². The van der Waals surface area contributed by atoms with Crippen molar-refractivity contribution in [3.05, 3.63) is 32.6 Å². The van der Waals surface area contributed by atoms with Crippen LogP contribution in [0.25, 0.3) is 0 Å². The van der Waals surface area contributed by atoms with Gasteiger partial charge in [0.1, 0.15) is 10.3 Å². The van der Waals surface area contributed by atoms with Gasteiger partial charge in [-0.1, -0.05) is 19.4 Å². The Morgan fingerprint density at radius 3 is 2.95 bits per heavy atom. The van der Waals surface area contributed by atoms with E-state index in [1.165, 1.54) is 23.5 Å². The summed E-state index contributed by atoms with van der Waals surface area (Å²) in [6.07, 6.45) is 4.08. The van der Waals surface area contributed by atoms with E-state index in [2.05, 4.69) is 30.7 Å². The van der Waals surface area contributed by atoms with E-state index in [1.807, 2.05) is 0 Å². The standard InChI is InChI=1S/C14H20N2OS3/c1-4-6-8-15-10(3)9-19-13(15)11-12(17)16(7-5-2)14(18)20-11/h5,9,13,17H,2,4,6-8H2,1,3H3. The molecule has 1 unspecified atom stereocenters. The van der Waals surface area contributed by atoms with Crippen molar-refractivity contribution in [2.45, 2.75) is 38.6 Å². The maximum absolute atomic E-state index is 10.4. The number of hydrogen-bond acceptors (Lipinski definition) is 5. The number of hydrogen-bond donors (Lipinski definition) is 1. The van der Waals surface area contributed by atoms with Crippen LogP contribution in [0.15, 0.2) is 23.8 Å². The first-order valence-corrected chi connectivity index (χ1v) is 8.89. The van der Waals surface area contributed by atoms with Gasteiger partial charge in [-0.3, -0.25) is 4.57 Å². The Hall–Kier alpha value is -0.720. The van der Waals surface area contributed by atoms with Crippen LogP contribution in [0.5, 0.6) is 5.88 Å². The predicted molar refractivity (Wildman–Crippen MR) is 90.7 cm³/mol. The third kappa shape index (κ3) is 2.97. The molecule has 2 heterocycles. The molecule has 0 bridgehead atoms. The van der Waals surface area contributed by atoms with Gasteiger partial charge in [-0.15, -0.1) is 29.7 Å². The van der Waals surface area contributed by atoms with E-state index in [1.54, 1.807) is 22.4 Å². The van der Waals surface area contributed by atoms with Crippen LogP contribution in [0.3, 0.4) is 0 Å². The first kappa shape index (κ1) is 15.7. The number of nitrogens with zero attached hydrogens (tertiary/aromatic N) is 2. The largest absolute Gasteiger partial charge is 0.494 e. The second kappa shape index (κ2) is 6.83. The fourth-order valence-electron chi connectivity index (χ4n) is 2.18. The molecule has 2 rings (SSSR count). The van der Waals surface area contributed by atoms with Crippen LogP contribution in [0.1, 0.15) is 36.9 Å². The van der Waals surface area contributed by atoms with E-state index in [-0.39, 0.29) is 5.37 Å². The predicted octanol–water partition coefficient (Wildman–Crippen LogP) is 4.88. The molecule has 0 fully saturated rings. The third-order valence-electron chi connectivity index (χ3n) is 3.29. The molecule has 0 amide bonds. The van der Waals surface area contributed by atoms with E-state index >= 15 is 0 Å². The highest BCUT2D eigenvalue weighted by molar-refractivity contribution is 8.02. The summed E-state index contributed by atoms with van der Waals surface area (Å²) < 4.78 is 2.45.